The molecule has 0 heterocycles. The average molecular weight is 412 g/mol. The summed E-state index contributed by atoms with van der Waals surface area (Å²) in [5, 5.41) is 9.45. The smallest absolute Gasteiger partial charge is 0.247 e. The second-order valence-electron chi connectivity index (χ2n) is 8.31. The number of hydrogen-bond donors (Lipinski definition) is 2. The van der Waals surface area contributed by atoms with Gasteiger partial charge in [0.05, 0.1) is 6.04 Å². The number of likely N-dealkylation sites (N-methyl/N-ethyl adjacent to an activating group) is 1. The van der Waals surface area contributed by atoms with Crippen LogP contribution < -0.4 is 5.73 Å². The van der Waals surface area contributed by atoms with E-state index in [1.807, 2.05) is 18.2 Å². The number of rotatable bonds is 9. The normalized spacial score (nSPS) is 12.3. The van der Waals surface area contributed by atoms with Gasteiger partial charge in [0.2, 0.25) is 11.8 Å². The third-order valence-corrected chi connectivity index (χ3v) is 5.27. The summed E-state index contributed by atoms with van der Waals surface area (Å²) in [5.41, 5.74) is 7.30. The largest absolute Gasteiger partial charge is 0.508 e. The molecule has 2 amide bonds. The van der Waals surface area contributed by atoms with Crippen molar-refractivity contribution in [2.24, 2.45) is 5.73 Å². The Balaban J connectivity index is 2.16. The Hall–Kier alpha value is -2.86. The lowest BCUT2D eigenvalue weighted by molar-refractivity contribution is -0.151. The summed E-state index contributed by atoms with van der Waals surface area (Å²) in [6.07, 6.45) is 1.87. The lowest BCUT2D eigenvalue weighted by Gasteiger charge is -2.40. The third kappa shape index (κ3) is 6.07. The Bertz CT molecular complexity index is 833. The first-order chi connectivity index (χ1) is 14.1. The van der Waals surface area contributed by atoms with Gasteiger partial charge in [-0.1, -0.05) is 42.5 Å². The molecule has 1 atom stereocenters. The standard InChI is InChI=1S/C24H33N3O3/c1-24(2,23(30)26(3)4)27(16-8-11-18-9-6-5-7-10-18)22(29)21(25)17-19-12-14-20(28)15-13-19/h5-7,9-10,12-15,21,28H,8,11,16-17,25H2,1-4H3/t21-/m1/s1. The second-order valence-corrected chi connectivity index (χ2v) is 8.31. The van der Waals surface area contributed by atoms with Crippen LogP contribution in [0.25, 0.3) is 0 Å². The Morgan fingerprint density at radius 3 is 2.17 bits per heavy atom. The van der Waals surface area contributed by atoms with Crippen molar-refractivity contribution < 1.29 is 14.7 Å². The van der Waals surface area contributed by atoms with Crippen LogP contribution in [-0.4, -0.2) is 58.9 Å². The van der Waals surface area contributed by atoms with Gasteiger partial charge in [0.15, 0.2) is 0 Å². The number of phenols is 1. The minimum absolute atomic E-state index is 0.146. The van der Waals surface area contributed by atoms with Gasteiger partial charge in [-0.3, -0.25) is 9.59 Å². The molecule has 0 aromatic heterocycles. The molecule has 0 bridgehead atoms. The summed E-state index contributed by atoms with van der Waals surface area (Å²) >= 11 is 0. The molecule has 2 aromatic rings. The first-order valence-electron chi connectivity index (χ1n) is 10.2. The summed E-state index contributed by atoms with van der Waals surface area (Å²) in [4.78, 5) is 29.3. The number of carbonyl (C=O) groups excluding carboxylic acids is 2. The molecular weight excluding hydrogens is 378 g/mol. The average Bonchev–Trinajstić information content (AvgIpc) is 2.72. The van der Waals surface area contributed by atoms with Crippen molar-refractivity contribution in [1.82, 2.24) is 9.80 Å². The molecule has 0 saturated heterocycles. The van der Waals surface area contributed by atoms with Crippen LogP contribution in [0.15, 0.2) is 54.6 Å². The number of aromatic hydroxyl groups is 1. The molecule has 162 valence electrons. The van der Waals surface area contributed by atoms with Crippen LogP contribution in [-0.2, 0) is 22.4 Å². The molecule has 0 saturated carbocycles. The molecule has 2 rings (SSSR count). The minimum atomic E-state index is -1.01. The summed E-state index contributed by atoms with van der Waals surface area (Å²) in [7, 11) is 3.38. The van der Waals surface area contributed by atoms with E-state index < -0.39 is 11.6 Å². The molecule has 0 spiro atoms. The monoisotopic (exact) mass is 411 g/mol. The molecule has 30 heavy (non-hydrogen) atoms. The van der Waals surface area contributed by atoms with Crippen molar-refractivity contribution in [3.8, 4) is 5.75 Å². The van der Waals surface area contributed by atoms with Crippen molar-refractivity contribution in [3.05, 3.63) is 65.7 Å². The maximum absolute atomic E-state index is 13.3. The number of amides is 2. The summed E-state index contributed by atoms with van der Waals surface area (Å²) < 4.78 is 0. The number of benzene rings is 2. The lowest BCUT2D eigenvalue weighted by atomic mass is 9.96. The number of carbonyl (C=O) groups is 2. The van der Waals surface area contributed by atoms with E-state index >= 15 is 0 Å². The van der Waals surface area contributed by atoms with Gasteiger partial charge in [0.1, 0.15) is 11.3 Å². The van der Waals surface area contributed by atoms with Gasteiger partial charge in [0, 0.05) is 20.6 Å². The van der Waals surface area contributed by atoms with Crippen molar-refractivity contribution in [2.45, 2.75) is 44.7 Å². The van der Waals surface area contributed by atoms with Gasteiger partial charge in [-0.05, 0) is 56.4 Å². The fraction of sp³-hybridized carbons (Fsp3) is 0.417. The fourth-order valence-electron chi connectivity index (χ4n) is 3.59. The Labute approximate surface area is 179 Å². The van der Waals surface area contributed by atoms with Gasteiger partial charge < -0.3 is 20.6 Å². The fourth-order valence-corrected chi connectivity index (χ4v) is 3.59. The van der Waals surface area contributed by atoms with Crippen LogP contribution in [0.5, 0.6) is 5.75 Å². The van der Waals surface area contributed by atoms with Gasteiger partial charge in [-0.2, -0.15) is 0 Å². The van der Waals surface area contributed by atoms with Gasteiger partial charge >= 0.3 is 0 Å². The molecule has 0 aliphatic heterocycles. The Morgan fingerprint density at radius 2 is 1.60 bits per heavy atom. The van der Waals surface area contributed by atoms with Crippen LogP contribution in [0.4, 0.5) is 0 Å². The number of hydrogen-bond acceptors (Lipinski definition) is 4. The Morgan fingerprint density at radius 1 is 1.00 bits per heavy atom. The van der Waals surface area contributed by atoms with Crippen molar-refractivity contribution in [3.63, 3.8) is 0 Å². The van der Waals surface area contributed by atoms with E-state index in [1.165, 1.54) is 10.5 Å². The predicted molar refractivity (Wildman–Crippen MR) is 119 cm³/mol. The van der Waals surface area contributed by atoms with Crippen LogP contribution >= 0.6 is 0 Å². The lowest BCUT2D eigenvalue weighted by Crippen LogP contribution is -2.60. The quantitative estimate of drug-likeness (QED) is 0.664. The van der Waals surface area contributed by atoms with Gasteiger partial charge in [-0.25, -0.2) is 0 Å². The van der Waals surface area contributed by atoms with Gasteiger partial charge in [0.25, 0.3) is 0 Å². The molecule has 0 fully saturated rings. The SMILES string of the molecule is CN(C)C(=O)C(C)(C)N(CCCc1ccccc1)C(=O)[C@H](N)Cc1ccc(O)cc1. The highest BCUT2D eigenvalue weighted by atomic mass is 16.3. The Kier molecular flexibility index (Phi) is 8.00. The van der Waals surface area contributed by atoms with Crippen molar-refractivity contribution in [2.75, 3.05) is 20.6 Å². The van der Waals surface area contributed by atoms with Crippen LogP contribution in [0.3, 0.4) is 0 Å². The first kappa shape index (κ1) is 23.4. The zero-order valence-corrected chi connectivity index (χ0v) is 18.3. The van der Waals surface area contributed by atoms with Crippen LogP contribution in [0.1, 0.15) is 31.4 Å². The summed E-state index contributed by atoms with van der Waals surface area (Å²) in [5.74, 6) is -0.234. The summed E-state index contributed by atoms with van der Waals surface area (Å²) in [6, 6.07) is 15.9. The molecule has 2 aromatic carbocycles. The summed E-state index contributed by atoms with van der Waals surface area (Å²) in [6.45, 7) is 3.97. The highest BCUT2D eigenvalue weighted by Gasteiger charge is 2.40. The maximum atomic E-state index is 13.3. The predicted octanol–water partition coefficient (Wildman–Crippen LogP) is 2.59. The number of phenolic OH excluding ortho intramolecular Hbond substituents is 1. The molecule has 0 aliphatic carbocycles. The zero-order chi connectivity index (χ0) is 22.3. The topological polar surface area (TPSA) is 86.9 Å². The molecule has 6 nitrogen and oxygen atoms in total. The third-order valence-electron chi connectivity index (χ3n) is 5.27. The van der Waals surface area contributed by atoms with E-state index in [-0.39, 0.29) is 17.6 Å². The van der Waals surface area contributed by atoms with Crippen LogP contribution in [0.2, 0.25) is 0 Å². The van der Waals surface area contributed by atoms with E-state index in [0.29, 0.717) is 13.0 Å². The zero-order valence-electron chi connectivity index (χ0n) is 18.3. The molecule has 3 N–H and O–H groups in total. The van der Waals surface area contributed by atoms with Crippen molar-refractivity contribution in [1.29, 1.82) is 0 Å². The second kappa shape index (κ2) is 10.3. The highest BCUT2D eigenvalue weighted by Crippen LogP contribution is 2.21. The van der Waals surface area contributed by atoms with E-state index in [1.54, 1.807) is 57.1 Å². The van der Waals surface area contributed by atoms with E-state index in [2.05, 4.69) is 12.1 Å². The van der Waals surface area contributed by atoms with Gasteiger partial charge in [-0.15, -0.1) is 0 Å². The van der Waals surface area contributed by atoms with Crippen molar-refractivity contribution >= 4 is 11.8 Å². The molecule has 6 heteroatoms. The molecule has 0 unspecified atom stereocenters. The highest BCUT2D eigenvalue weighted by molar-refractivity contribution is 5.92. The van der Waals surface area contributed by atoms with E-state index in [4.69, 9.17) is 5.73 Å². The van der Waals surface area contributed by atoms with E-state index in [9.17, 15) is 14.7 Å². The number of nitrogens with two attached hydrogens (primary N) is 1. The minimum Gasteiger partial charge on any atom is -0.508 e. The molecule has 0 radical (unpaired) electrons. The number of aryl methyl sites for hydroxylation is 1. The maximum Gasteiger partial charge on any atom is 0.247 e. The first-order valence-corrected chi connectivity index (χ1v) is 10.2. The molecular formula is C24H33N3O3. The number of nitrogens with zero attached hydrogens (tertiary/aromatic N) is 2. The van der Waals surface area contributed by atoms with E-state index in [0.717, 1.165) is 18.4 Å². The van der Waals surface area contributed by atoms with Crippen LogP contribution in [0, 0.1) is 0 Å². The molecule has 0 aliphatic rings.